The second-order valence-corrected chi connectivity index (χ2v) is 9.10. The molecule has 0 aliphatic heterocycles. The quantitative estimate of drug-likeness (QED) is 0.562. The molecule has 0 saturated heterocycles. The molecule has 0 aliphatic rings. The molecule has 18 heavy (non-hydrogen) atoms. The van der Waals surface area contributed by atoms with Gasteiger partial charge in [0.2, 0.25) is 7.59 Å². The first kappa shape index (κ1) is 16.9. The molecule has 0 heterocycles. The zero-order chi connectivity index (χ0) is 14.4. The Bertz CT molecular complexity index is 557. The third-order valence-electron chi connectivity index (χ3n) is 1.89. The predicted octanol–water partition coefficient (Wildman–Crippen LogP) is 4.59. The Morgan fingerprint density at radius 1 is 0.944 bits per heavy atom. The van der Waals surface area contributed by atoms with Gasteiger partial charge in [-0.3, -0.25) is 4.55 Å². The average Bonchev–Trinajstić information content (AvgIpc) is 2.12. The summed E-state index contributed by atoms with van der Waals surface area (Å²) in [7, 11) is -4.63. The molecule has 0 aromatic heterocycles. The minimum Gasteiger partial charge on any atom is -0.282 e. The van der Waals surface area contributed by atoms with E-state index >= 15 is 0 Å². The van der Waals surface area contributed by atoms with E-state index in [1.807, 2.05) is 0 Å². The molecule has 10 heteroatoms. The molecular formula is C8H4Cl6O3S. The first-order chi connectivity index (χ1) is 7.85. The summed E-state index contributed by atoms with van der Waals surface area (Å²) >= 11 is 34.0. The van der Waals surface area contributed by atoms with Crippen LogP contribution in [0.3, 0.4) is 0 Å². The maximum Gasteiger partial charge on any atom is 0.294 e. The topological polar surface area (TPSA) is 54.4 Å². The molecule has 1 aromatic carbocycles. The molecule has 102 valence electrons. The summed E-state index contributed by atoms with van der Waals surface area (Å²) < 4.78 is 27.3. The lowest BCUT2D eigenvalue weighted by Gasteiger charge is -2.23. The summed E-state index contributed by atoms with van der Waals surface area (Å²) in [5.74, 6) is 0. The van der Waals surface area contributed by atoms with Crippen molar-refractivity contribution in [3.8, 4) is 0 Å². The number of hydrogen-bond acceptors (Lipinski definition) is 2. The first-order valence-corrected chi connectivity index (χ1v) is 7.81. The molecule has 1 N–H and O–H groups in total. The van der Waals surface area contributed by atoms with E-state index in [2.05, 4.69) is 0 Å². The van der Waals surface area contributed by atoms with Crippen molar-refractivity contribution in [3.05, 3.63) is 29.3 Å². The summed E-state index contributed by atoms with van der Waals surface area (Å²) in [5, 5.41) is 0. The van der Waals surface area contributed by atoms with E-state index < -0.39 is 28.2 Å². The van der Waals surface area contributed by atoms with Gasteiger partial charge in [-0.15, -0.1) is 0 Å². The monoisotopic (exact) mass is 390 g/mol. The van der Waals surface area contributed by atoms with Crippen LogP contribution >= 0.6 is 69.6 Å². The second kappa shape index (κ2) is 5.34. The van der Waals surface area contributed by atoms with Crippen LogP contribution in [0.15, 0.2) is 23.1 Å². The Balaban J connectivity index is 3.79. The summed E-state index contributed by atoms with van der Waals surface area (Å²) in [6.45, 7) is 0. The largest absolute Gasteiger partial charge is 0.294 e. The van der Waals surface area contributed by atoms with E-state index in [0.29, 0.717) is 0 Å². The molecular weight excluding hydrogens is 389 g/mol. The molecule has 0 fully saturated rings. The molecule has 0 unspecified atom stereocenters. The van der Waals surface area contributed by atoms with Crippen LogP contribution in [0.4, 0.5) is 0 Å². The molecule has 0 spiro atoms. The third kappa shape index (κ3) is 3.93. The molecule has 0 radical (unpaired) electrons. The van der Waals surface area contributed by atoms with Gasteiger partial charge in [-0.1, -0.05) is 81.7 Å². The third-order valence-corrected chi connectivity index (χ3v) is 3.97. The number of alkyl halides is 6. The van der Waals surface area contributed by atoms with Gasteiger partial charge in [0.1, 0.15) is 4.90 Å². The van der Waals surface area contributed by atoms with E-state index in [1.165, 1.54) is 12.1 Å². The van der Waals surface area contributed by atoms with Crippen molar-refractivity contribution < 1.29 is 13.0 Å². The highest BCUT2D eigenvalue weighted by molar-refractivity contribution is 7.86. The number of rotatable bonds is 1. The highest BCUT2D eigenvalue weighted by atomic mass is 35.6. The van der Waals surface area contributed by atoms with Gasteiger partial charge in [-0.05, 0) is 6.07 Å². The molecule has 0 amide bonds. The first-order valence-electron chi connectivity index (χ1n) is 4.10. The summed E-state index contributed by atoms with van der Waals surface area (Å²) in [6.07, 6.45) is 0. The molecule has 0 atom stereocenters. The van der Waals surface area contributed by atoms with Crippen LogP contribution in [0.5, 0.6) is 0 Å². The average molecular weight is 393 g/mol. The lowest BCUT2D eigenvalue weighted by atomic mass is 10.1. The standard InChI is InChI=1S/C8H4Cl6O3S/c9-7(10,11)4-2-1-3-5(18(15,16)17)6(4)8(12,13)14/h1-3H,(H,15,16,17). The van der Waals surface area contributed by atoms with E-state index in [0.717, 1.165) is 6.07 Å². The fourth-order valence-corrected chi connectivity index (χ4v) is 3.30. The Kier molecular flexibility index (Phi) is 5.02. The van der Waals surface area contributed by atoms with Crippen molar-refractivity contribution in [2.45, 2.75) is 12.5 Å². The summed E-state index contributed by atoms with van der Waals surface area (Å²) in [6, 6.07) is 3.56. The fourth-order valence-electron chi connectivity index (χ4n) is 1.27. The maximum atomic E-state index is 11.2. The van der Waals surface area contributed by atoms with Crippen LogP contribution in [0, 0.1) is 0 Å². The van der Waals surface area contributed by atoms with Crippen LogP contribution < -0.4 is 0 Å². The lowest BCUT2D eigenvalue weighted by Crippen LogP contribution is -2.17. The van der Waals surface area contributed by atoms with E-state index in [9.17, 15) is 8.42 Å². The Morgan fingerprint density at radius 2 is 1.44 bits per heavy atom. The van der Waals surface area contributed by atoms with Crippen molar-refractivity contribution in [1.82, 2.24) is 0 Å². The molecule has 0 bridgehead atoms. The Morgan fingerprint density at radius 3 is 1.78 bits per heavy atom. The van der Waals surface area contributed by atoms with Crippen LogP contribution in [-0.4, -0.2) is 13.0 Å². The molecule has 1 aromatic rings. The van der Waals surface area contributed by atoms with Crippen molar-refractivity contribution in [1.29, 1.82) is 0 Å². The predicted molar refractivity (Wildman–Crippen MR) is 74.7 cm³/mol. The zero-order valence-corrected chi connectivity index (χ0v) is 13.5. The van der Waals surface area contributed by atoms with Gasteiger partial charge in [0, 0.05) is 11.1 Å². The van der Waals surface area contributed by atoms with Crippen molar-refractivity contribution in [2.24, 2.45) is 0 Å². The summed E-state index contributed by atoms with van der Waals surface area (Å²) in [5.41, 5.74) is -0.555. The smallest absolute Gasteiger partial charge is 0.282 e. The van der Waals surface area contributed by atoms with Crippen LogP contribution in [-0.2, 0) is 17.7 Å². The number of halogens is 6. The Hall–Kier alpha value is 0.870. The number of hydrogen-bond donors (Lipinski definition) is 1. The maximum absolute atomic E-state index is 11.2. The van der Waals surface area contributed by atoms with Gasteiger partial charge in [-0.25, -0.2) is 0 Å². The zero-order valence-electron chi connectivity index (χ0n) is 8.17. The molecule has 0 aliphatic carbocycles. The van der Waals surface area contributed by atoms with Crippen LogP contribution in [0.2, 0.25) is 0 Å². The molecule has 3 nitrogen and oxygen atoms in total. The van der Waals surface area contributed by atoms with Gasteiger partial charge in [0.25, 0.3) is 10.1 Å². The van der Waals surface area contributed by atoms with Gasteiger partial charge in [0.05, 0.1) is 0 Å². The second-order valence-electron chi connectivity index (χ2n) is 3.15. The highest BCUT2D eigenvalue weighted by Gasteiger charge is 2.39. The Labute approximate surface area is 134 Å². The van der Waals surface area contributed by atoms with Gasteiger partial charge < -0.3 is 0 Å². The van der Waals surface area contributed by atoms with Crippen molar-refractivity contribution >= 4 is 79.7 Å². The minimum atomic E-state index is -4.63. The lowest BCUT2D eigenvalue weighted by molar-refractivity contribution is 0.482. The van der Waals surface area contributed by atoms with Crippen LogP contribution in [0.25, 0.3) is 0 Å². The van der Waals surface area contributed by atoms with Gasteiger partial charge in [0.15, 0.2) is 0 Å². The van der Waals surface area contributed by atoms with Crippen LogP contribution in [0.1, 0.15) is 11.1 Å². The molecule has 0 saturated carbocycles. The fraction of sp³-hybridized carbons (Fsp3) is 0.250. The molecule has 1 rings (SSSR count). The van der Waals surface area contributed by atoms with Crippen molar-refractivity contribution in [2.75, 3.05) is 0 Å². The summed E-state index contributed by atoms with van der Waals surface area (Å²) in [4.78, 5) is -0.633. The number of benzene rings is 1. The van der Waals surface area contributed by atoms with E-state index in [-0.39, 0.29) is 5.56 Å². The van der Waals surface area contributed by atoms with Gasteiger partial charge in [-0.2, -0.15) is 8.42 Å². The van der Waals surface area contributed by atoms with E-state index in [4.69, 9.17) is 74.2 Å². The normalized spacial score (nSPS) is 13.7. The van der Waals surface area contributed by atoms with E-state index in [1.54, 1.807) is 0 Å². The SMILES string of the molecule is O=S(=O)(O)c1cccc(C(Cl)(Cl)Cl)c1C(Cl)(Cl)Cl. The van der Waals surface area contributed by atoms with Gasteiger partial charge >= 0.3 is 0 Å². The van der Waals surface area contributed by atoms with Crippen molar-refractivity contribution in [3.63, 3.8) is 0 Å². The minimum absolute atomic E-state index is 0.150. The highest BCUT2D eigenvalue weighted by Crippen LogP contribution is 2.50.